The highest BCUT2D eigenvalue weighted by molar-refractivity contribution is 5.95. The van der Waals surface area contributed by atoms with Crippen molar-refractivity contribution in [2.24, 2.45) is 5.41 Å². The summed E-state index contributed by atoms with van der Waals surface area (Å²) in [4.78, 5) is 11.3. The molecular formula is C11H18O. The molecule has 0 amide bonds. The fourth-order valence-electron chi connectivity index (χ4n) is 1.56. The first-order valence-corrected chi connectivity index (χ1v) is 4.77. The first-order chi connectivity index (χ1) is 5.55. The lowest BCUT2D eigenvalue weighted by atomic mass is 9.77. The Bertz CT molecular complexity index is 211. The molecule has 1 rings (SSSR count). The highest BCUT2D eigenvalue weighted by Crippen LogP contribution is 2.34. The molecular weight excluding hydrogens is 148 g/mol. The zero-order chi connectivity index (χ0) is 9.19. The Morgan fingerprint density at radius 1 is 1.58 bits per heavy atom. The summed E-state index contributed by atoms with van der Waals surface area (Å²) in [5.41, 5.74) is 1.48. The van der Waals surface area contributed by atoms with Gasteiger partial charge in [-0.3, -0.25) is 4.79 Å². The first-order valence-electron chi connectivity index (χ1n) is 4.77. The van der Waals surface area contributed by atoms with Gasteiger partial charge in [0.2, 0.25) is 0 Å². The smallest absolute Gasteiger partial charge is 0.158 e. The van der Waals surface area contributed by atoms with E-state index in [9.17, 15) is 4.79 Å². The summed E-state index contributed by atoms with van der Waals surface area (Å²) in [6.45, 7) is 6.45. The zero-order valence-corrected chi connectivity index (χ0v) is 8.31. The molecule has 0 heterocycles. The summed E-state index contributed by atoms with van der Waals surface area (Å²) in [5, 5.41) is 0. The molecule has 0 bridgehead atoms. The predicted molar refractivity (Wildman–Crippen MR) is 51.0 cm³/mol. The molecule has 0 aliphatic heterocycles. The summed E-state index contributed by atoms with van der Waals surface area (Å²) in [5.74, 6) is 0.338. The molecule has 0 radical (unpaired) electrons. The van der Waals surface area contributed by atoms with E-state index in [0.717, 1.165) is 24.8 Å². The van der Waals surface area contributed by atoms with Gasteiger partial charge in [-0.15, -0.1) is 0 Å². The van der Waals surface area contributed by atoms with Crippen LogP contribution in [0.5, 0.6) is 0 Å². The van der Waals surface area contributed by atoms with E-state index in [4.69, 9.17) is 0 Å². The van der Waals surface area contributed by atoms with Crippen LogP contribution in [0.15, 0.2) is 11.6 Å². The molecule has 0 fully saturated rings. The molecule has 0 aromatic rings. The van der Waals surface area contributed by atoms with Gasteiger partial charge in [-0.05, 0) is 30.3 Å². The summed E-state index contributed by atoms with van der Waals surface area (Å²) in [7, 11) is 0. The van der Waals surface area contributed by atoms with E-state index in [1.54, 1.807) is 0 Å². The van der Waals surface area contributed by atoms with Crippen LogP contribution in [0.3, 0.4) is 0 Å². The van der Waals surface area contributed by atoms with E-state index in [-0.39, 0.29) is 0 Å². The summed E-state index contributed by atoms with van der Waals surface area (Å²) in [6, 6.07) is 0. The maximum atomic E-state index is 11.3. The molecule has 1 nitrogen and oxygen atoms in total. The van der Waals surface area contributed by atoms with Crippen molar-refractivity contribution in [1.29, 1.82) is 0 Å². The molecule has 12 heavy (non-hydrogen) atoms. The number of ketones is 1. The normalized spacial score (nSPS) is 21.8. The molecule has 0 aromatic heterocycles. The highest BCUT2D eigenvalue weighted by atomic mass is 16.1. The zero-order valence-electron chi connectivity index (χ0n) is 8.31. The average Bonchev–Trinajstić information content (AvgIpc) is 2.03. The lowest BCUT2D eigenvalue weighted by molar-refractivity contribution is -0.115. The largest absolute Gasteiger partial charge is 0.295 e. The Balaban J connectivity index is 2.62. The molecule has 1 aliphatic carbocycles. The lowest BCUT2D eigenvalue weighted by Gasteiger charge is -2.27. The van der Waals surface area contributed by atoms with E-state index in [0.29, 0.717) is 17.6 Å². The van der Waals surface area contributed by atoms with E-state index < -0.39 is 0 Å². The molecule has 1 aliphatic rings. The Morgan fingerprint density at radius 2 is 2.25 bits per heavy atom. The van der Waals surface area contributed by atoms with Crippen molar-refractivity contribution in [2.75, 3.05) is 0 Å². The van der Waals surface area contributed by atoms with Crippen LogP contribution < -0.4 is 0 Å². The van der Waals surface area contributed by atoms with Gasteiger partial charge in [-0.1, -0.05) is 26.8 Å². The van der Waals surface area contributed by atoms with Gasteiger partial charge in [0.15, 0.2) is 5.78 Å². The van der Waals surface area contributed by atoms with Crippen LogP contribution in [0.1, 0.15) is 46.5 Å². The van der Waals surface area contributed by atoms with Crippen molar-refractivity contribution in [1.82, 2.24) is 0 Å². The standard InChI is InChI=1S/C11H18O/c1-4-10(12)9-5-7-11(2,3)8-6-9/h5H,4,6-8H2,1-3H3. The molecule has 0 saturated carbocycles. The van der Waals surface area contributed by atoms with E-state index in [1.807, 2.05) is 6.92 Å². The third kappa shape index (κ3) is 2.20. The molecule has 1 heteroatoms. The minimum Gasteiger partial charge on any atom is -0.295 e. The number of carbonyl (C=O) groups is 1. The number of allylic oxidation sites excluding steroid dienone is 2. The van der Waals surface area contributed by atoms with Crippen LogP contribution in [0, 0.1) is 5.41 Å². The Kier molecular flexibility index (Phi) is 2.71. The maximum Gasteiger partial charge on any atom is 0.158 e. The Hall–Kier alpha value is -0.590. The van der Waals surface area contributed by atoms with Gasteiger partial charge in [-0.25, -0.2) is 0 Å². The van der Waals surface area contributed by atoms with Gasteiger partial charge < -0.3 is 0 Å². The Morgan fingerprint density at radius 3 is 2.67 bits per heavy atom. The minimum absolute atomic E-state index is 0.338. The molecule has 0 spiro atoms. The fraction of sp³-hybridized carbons (Fsp3) is 0.727. The van der Waals surface area contributed by atoms with Crippen LogP contribution in [-0.4, -0.2) is 5.78 Å². The number of hydrogen-bond donors (Lipinski definition) is 0. The number of carbonyl (C=O) groups excluding carboxylic acids is 1. The lowest BCUT2D eigenvalue weighted by Crippen LogP contribution is -2.17. The van der Waals surface area contributed by atoms with Crippen molar-refractivity contribution >= 4 is 5.78 Å². The van der Waals surface area contributed by atoms with Crippen LogP contribution in [0.2, 0.25) is 0 Å². The second-order valence-electron chi connectivity index (χ2n) is 4.37. The summed E-state index contributed by atoms with van der Waals surface area (Å²) < 4.78 is 0. The SMILES string of the molecule is CCC(=O)C1=CCC(C)(C)CC1. The number of hydrogen-bond acceptors (Lipinski definition) is 1. The monoisotopic (exact) mass is 166 g/mol. The maximum absolute atomic E-state index is 11.3. The second-order valence-corrected chi connectivity index (χ2v) is 4.37. The van der Waals surface area contributed by atoms with Crippen molar-refractivity contribution < 1.29 is 4.79 Å². The van der Waals surface area contributed by atoms with Crippen LogP contribution in [0.4, 0.5) is 0 Å². The van der Waals surface area contributed by atoms with E-state index in [2.05, 4.69) is 19.9 Å². The van der Waals surface area contributed by atoms with Crippen LogP contribution in [-0.2, 0) is 4.79 Å². The van der Waals surface area contributed by atoms with Crippen LogP contribution >= 0.6 is 0 Å². The topological polar surface area (TPSA) is 17.1 Å². The predicted octanol–water partition coefficient (Wildman–Crippen LogP) is 3.10. The van der Waals surface area contributed by atoms with Crippen molar-refractivity contribution in [3.8, 4) is 0 Å². The fourth-order valence-corrected chi connectivity index (χ4v) is 1.56. The molecule has 0 N–H and O–H groups in total. The number of Topliss-reactive ketones (excluding diaryl/α,β-unsaturated/α-hetero) is 1. The third-order valence-corrected chi connectivity index (χ3v) is 2.65. The summed E-state index contributed by atoms with van der Waals surface area (Å²) >= 11 is 0. The molecule has 0 aromatic carbocycles. The third-order valence-electron chi connectivity index (χ3n) is 2.65. The van der Waals surface area contributed by atoms with E-state index >= 15 is 0 Å². The van der Waals surface area contributed by atoms with Crippen molar-refractivity contribution in [3.05, 3.63) is 11.6 Å². The minimum atomic E-state index is 0.338. The van der Waals surface area contributed by atoms with Gasteiger partial charge in [0.1, 0.15) is 0 Å². The molecule has 0 saturated heterocycles. The molecule has 0 atom stereocenters. The molecule has 0 unspecified atom stereocenters. The van der Waals surface area contributed by atoms with E-state index in [1.165, 1.54) is 0 Å². The van der Waals surface area contributed by atoms with Crippen molar-refractivity contribution in [2.45, 2.75) is 46.5 Å². The first kappa shape index (κ1) is 9.50. The highest BCUT2D eigenvalue weighted by Gasteiger charge is 2.23. The van der Waals surface area contributed by atoms with Crippen LogP contribution in [0.25, 0.3) is 0 Å². The molecule has 68 valence electrons. The van der Waals surface area contributed by atoms with Gasteiger partial charge in [0.05, 0.1) is 0 Å². The van der Waals surface area contributed by atoms with Gasteiger partial charge >= 0.3 is 0 Å². The van der Waals surface area contributed by atoms with Gasteiger partial charge in [-0.2, -0.15) is 0 Å². The average molecular weight is 166 g/mol. The second kappa shape index (κ2) is 3.42. The summed E-state index contributed by atoms with van der Waals surface area (Å²) in [6.07, 6.45) is 6.00. The Labute approximate surface area is 74.9 Å². The van der Waals surface area contributed by atoms with Gasteiger partial charge in [0, 0.05) is 6.42 Å². The van der Waals surface area contributed by atoms with Gasteiger partial charge in [0.25, 0.3) is 0 Å². The quantitative estimate of drug-likeness (QED) is 0.616. The van der Waals surface area contributed by atoms with Crippen molar-refractivity contribution in [3.63, 3.8) is 0 Å². The number of rotatable bonds is 2.